The molecule has 142 valence electrons. The molecule has 0 radical (unpaired) electrons. The van der Waals surface area contributed by atoms with E-state index in [4.69, 9.17) is 5.73 Å². The Morgan fingerprint density at radius 2 is 1.84 bits per heavy atom. The van der Waals surface area contributed by atoms with Crippen molar-refractivity contribution in [3.63, 3.8) is 0 Å². The van der Waals surface area contributed by atoms with E-state index in [1.165, 1.54) is 0 Å². The summed E-state index contributed by atoms with van der Waals surface area (Å²) >= 11 is 0. The van der Waals surface area contributed by atoms with E-state index in [0.29, 0.717) is 19.0 Å². The summed E-state index contributed by atoms with van der Waals surface area (Å²) in [6.45, 7) is 5.23. The standard InChI is InChI=1S/C17H27N3O3S.ClH/c1-13-7-9-20(10-8-13)24(22,23)12-16-6-4-3-5-15(16)11-19-17(21)14(2)18;/h3-6,13-14H,7-12,18H2,1-2H3,(H,19,21);1H/t14-;/m1./s1. The Hall–Kier alpha value is -1.15. The van der Waals surface area contributed by atoms with Gasteiger partial charge in [-0.25, -0.2) is 12.7 Å². The minimum absolute atomic E-state index is 0. The topological polar surface area (TPSA) is 92.5 Å². The van der Waals surface area contributed by atoms with E-state index in [2.05, 4.69) is 12.2 Å². The number of carbonyl (C=O) groups excluding carboxylic acids is 1. The van der Waals surface area contributed by atoms with Crippen molar-refractivity contribution in [3.05, 3.63) is 35.4 Å². The molecule has 1 aliphatic heterocycles. The summed E-state index contributed by atoms with van der Waals surface area (Å²) in [7, 11) is -3.34. The average Bonchev–Trinajstić information content (AvgIpc) is 2.53. The lowest BCUT2D eigenvalue weighted by molar-refractivity contribution is -0.122. The third-order valence-corrected chi connectivity index (χ3v) is 6.29. The number of piperidine rings is 1. The molecule has 0 saturated carbocycles. The van der Waals surface area contributed by atoms with E-state index in [-0.39, 0.29) is 30.6 Å². The molecule has 1 aromatic carbocycles. The van der Waals surface area contributed by atoms with Crippen LogP contribution in [-0.4, -0.2) is 37.8 Å². The number of nitrogens with one attached hydrogen (secondary N) is 1. The van der Waals surface area contributed by atoms with Crippen LogP contribution in [0.25, 0.3) is 0 Å². The second-order valence-corrected chi connectivity index (χ2v) is 8.58. The molecule has 2 rings (SSSR count). The van der Waals surface area contributed by atoms with Gasteiger partial charge in [0.2, 0.25) is 15.9 Å². The van der Waals surface area contributed by atoms with Crippen molar-refractivity contribution in [1.29, 1.82) is 0 Å². The van der Waals surface area contributed by atoms with E-state index in [0.717, 1.165) is 24.0 Å². The highest BCUT2D eigenvalue weighted by molar-refractivity contribution is 7.88. The molecule has 0 spiro atoms. The molecule has 0 unspecified atom stereocenters. The molecule has 0 bridgehead atoms. The number of rotatable bonds is 6. The SMILES string of the molecule is CC1CCN(S(=O)(=O)Cc2ccccc2CNC(=O)[C@@H](C)N)CC1.Cl. The zero-order valence-electron chi connectivity index (χ0n) is 14.8. The third kappa shape index (κ3) is 6.26. The molecule has 1 fully saturated rings. The van der Waals surface area contributed by atoms with Gasteiger partial charge >= 0.3 is 0 Å². The number of sulfonamides is 1. The second-order valence-electron chi connectivity index (χ2n) is 6.61. The highest BCUT2D eigenvalue weighted by atomic mass is 35.5. The van der Waals surface area contributed by atoms with Crippen LogP contribution in [0.4, 0.5) is 0 Å². The maximum Gasteiger partial charge on any atom is 0.236 e. The Labute approximate surface area is 156 Å². The number of hydrogen-bond acceptors (Lipinski definition) is 4. The molecular weight excluding hydrogens is 362 g/mol. The molecule has 1 aromatic rings. The fourth-order valence-electron chi connectivity index (χ4n) is 2.76. The van der Waals surface area contributed by atoms with Crippen LogP contribution >= 0.6 is 12.4 Å². The highest BCUT2D eigenvalue weighted by Crippen LogP contribution is 2.22. The van der Waals surface area contributed by atoms with Crippen LogP contribution < -0.4 is 11.1 Å². The summed E-state index contributed by atoms with van der Waals surface area (Å²) in [6.07, 6.45) is 1.82. The van der Waals surface area contributed by atoms with Gasteiger partial charge in [0.25, 0.3) is 0 Å². The van der Waals surface area contributed by atoms with Gasteiger partial charge in [0, 0.05) is 19.6 Å². The summed E-state index contributed by atoms with van der Waals surface area (Å²) in [6, 6.07) is 6.71. The summed E-state index contributed by atoms with van der Waals surface area (Å²) in [5.74, 6) is 0.292. The number of halogens is 1. The normalized spacial score (nSPS) is 17.6. The lowest BCUT2D eigenvalue weighted by atomic mass is 10.0. The van der Waals surface area contributed by atoms with Crippen molar-refractivity contribution >= 4 is 28.3 Å². The molecule has 1 saturated heterocycles. The molecule has 6 nitrogen and oxygen atoms in total. The first-order valence-corrected chi connectivity index (χ1v) is 9.98. The third-order valence-electron chi connectivity index (χ3n) is 4.46. The summed E-state index contributed by atoms with van der Waals surface area (Å²) in [5.41, 5.74) is 7.06. The van der Waals surface area contributed by atoms with Crippen LogP contribution in [0.1, 0.15) is 37.8 Å². The molecular formula is C17H28ClN3O3S. The van der Waals surface area contributed by atoms with Crippen molar-refractivity contribution in [2.45, 2.75) is 45.0 Å². The van der Waals surface area contributed by atoms with E-state index in [1.807, 2.05) is 18.2 Å². The van der Waals surface area contributed by atoms with Crippen molar-refractivity contribution < 1.29 is 13.2 Å². The van der Waals surface area contributed by atoms with Gasteiger partial charge in [-0.3, -0.25) is 4.79 Å². The zero-order chi connectivity index (χ0) is 17.7. The molecule has 25 heavy (non-hydrogen) atoms. The van der Waals surface area contributed by atoms with Gasteiger partial charge in [0.1, 0.15) is 0 Å². The number of hydrogen-bond donors (Lipinski definition) is 2. The van der Waals surface area contributed by atoms with Crippen LogP contribution in [0.3, 0.4) is 0 Å². The van der Waals surface area contributed by atoms with Crippen LogP contribution in [-0.2, 0) is 27.1 Å². The van der Waals surface area contributed by atoms with Crippen molar-refractivity contribution in [2.24, 2.45) is 11.7 Å². The van der Waals surface area contributed by atoms with Gasteiger partial charge < -0.3 is 11.1 Å². The van der Waals surface area contributed by atoms with Crippen LogP contribution in [0.5, 0.6) is 0 Å². The van der Waals surface area contributed by atoms with Gasteiger partial charge in [-0.2, -0.15) is 0 Å². The Bertz CT molecular complexity index is 671. The minimum Gasteiger partial charge on any atom is -0.351 e. The van der Waals surface area contributed by atoms with Crippen molar-refractivity contribution in [1.82, 2.24) is 9.62 Å². The van der Waals surface area contributed by atoms with Gasteiger partial charge in [0.15, 0.2) is 0 Å². The largest absolute Gasteiger partial charge is 0.351 e. The maximum atomic E-state index is 12.7. The number of amides is 1. The molecule has 0 aliphatic carbocycles. The van der Waals surface area contributed by atoms with E-state index in [9.17, 15) is 13.2 Å². The van der Waals surface area contributed by atoms with E-state index in [1.54, 1.807) is 17.3 Å². The summed E-state index contributed by atoms with van der Waals surface area (Å²) < 4.78 is 26.9. The first-order valence-electron chi connectivity index (χ1n) is 8.37. The predicted molar refractivity (Wildman–Crippen MR) is 102 cm³/mol. The molecule has 1 heterocycles. The van der Waals surface area contributed by atoms with Crippen LogP contribution in [0.15, 0.2) is 24.3 Å². The summed E-state index contributed by atoms with van der Waals surface area (Å²) in [4.78, 5) is 11.6. The lowest BCUT2D eigenvalue weighted by Gasteiger charge is -2.29. The minimum atomic E-state index is -3.34. The molecule has 1 atom stereocenters. The van der Waals surface area contributed by atoms with E-state index >= 15 is 0 Å². The molecule has 1 amide bonds. The highest BCUT2D eigenvalue weighted by Gasteiger charge is 2.27. The fourth-order valence-corrected chi connectivity index (χ4v) is 4.39. The Morgan fingerprint density at radius 3 is 2.40 bits per heavy atom. The molecule has 0 aromatic heterocycles. The number of nitrogens with zero attached hydrogens (tertiary/aromatic N) is 1. The zero-order valence-corrected chi connectivity index (χ0v) is 16.4. The Balaban J connectivity index is 0.00000312. The molecule has 8 heteroatoms. The number of nitrogens with two attached hydrogens (primary N) is 1. The number of carbonyl (C=O) groups is 1. The fraction of sp³-hybridized carbons (Fsp3) is 0.588. The number of benzene rings is 1. The van der Waals surface area contributed by atoms with Crippen LogP contribution in [0.2, 0.25) is 0 Å². The average molecular weight is 390 g/mol. The van der Waals surface area contributed by atoms with Crippen molar-refractivity contribution in [2.75, 3.05) is 13.1 Å². The summed E-state index contributed by atoms with van der Waals surface area (Å²) in [5, 5.41) is 2.74. The predicted octanol–water partition coefficient (Wildman–Crippen LogP) is 1.63. The van der Waals surface area contributed by atoms with Gasteiger partial charge in [-0.15, -0.1) is 12.4 Å². The maximum absolute atomic E-state index is 12.7. The smallest absolute Gasteiger partial charge is 0.236 e. The molecule has 3 N–H and O–H groups in total. The molecule has 1 aliphatic rings. The quantitative estimate of drug-likeness (QED) is 0.773. The first-order chi connectivity index (χ1) is 11.3. The van der Waals surface area contributed by atoms with Gasteiger partial charge in [0.05, 0.1) is 11.8 Å². The Morgan fingerprint density at radius 1 is 1.28 bits per heavy atom. The van der Waals surface area contributed by atoms with Crippen molar-refractivity contribution in [3.8, 4) is 0 Å². The van der Waals surface area contributed by atoms with Crippen LogP contribution in [0, 0.1) is 5.92 Å². The first kappa shape index (κ1) is 21.9. The lowest BCUT2D eigenvalue weighted by Crippen LogP contribution is -2.39. The van der Waals surface area contributed by atoms with Gasteiger partial charge in [-0.1, -0.05) is 31.2 Å². The van der Waals surface area contributed by atoms with Gasteiger partial charge in [-0.05, 0) is 36.8 Å². The Kier molecular flexibility index (Phi) is 8.34. The second kappa shape index (κ2) is 9.52. The monoisotopic (exact) mass is 389 g/mol. The van der Waals surface area contributed by atoms with E-state index < -0.39 is 16.1 Å².